The second-order valence-corrected chi connectivity index (χ2v) is 8.54. The van der Waals surface area contributed by atoms with Gasteiger partial charge in [-0.25, -0.2) is 0 Å². The van der Waals surface area contributed by atoms with E-state index < -0.39 is 0 Å². The van der Waals surface area contributed by atoms with Crippen LogP contribution < -0.4 is 10.6 Å². The van der Waals surface area contributed by atoms with E-state index >= 15 is 0 Å². The number of benzene rings is 2. The highest BCUT2D eigenvalue weighted by Gasteiger charge is 2.29. The molecule has 4 nitrogen and oxygen atoms in total. The van der Waals surface area contributed by atoms with Gasteiger partial charge in [-0.1, -0.05) is 36.2 Å². The second kappa shape index (κ2) is 9.00. The molecule has 0 spiro atoms. The van der Waals surface area contributed by atoms with E-state index in [4.69, 9.17) is 23.2 Å². The number of rotatable bonds is 7. The Balaban J connectivity index is 1.65. The van der Waals surface area contributed by atoms with Crippen molar-refractivity contribution >= 4 is 58.2 Å². The van der Waals surface area contributed by atoms with Gasteiger partial charge in [0.25, 0.3) is 0 Å². The molecule has 1 unspecified atom stereocenters. The zero-order chi connectivity index (χ0) is 19.4. The number of thioether (sulfide) groups is 1. The fraction of sp³-hybridized carbons (Fsp3) is 0.300. The highest BCUT2D eigenvalue weighted by Crippen LogP contribution is 2.32. The van der Waals surface area contributed by atoms with Crippen LogP contribution in [0.5, 0.6) is 0 Å². The van der Waals surface area contributed by atoms with Crippen LogP contribution in [0.3, 0.4) is 0 Å². The Morgan fingerprint density at radius 3 is 2.59 bits per heavy atom. The zero-order valence-electron chi connectivity index (χ0n) is 14.8. The van der Waals surface area contributed by atoms with Gasteiger partial charge in [0.1, 0.15) is 0 Å². The maximum Gasteiger partial charge on any atom is 0.237 e. The van der Waals surface area contributed by atoms with Gasteiger partial charge in [-0.3, -0.25) is 9.59 Å². The molecule has 3 rings (SSSR count). The molecule has 0 aromatic heterocycles. The van der Waals surface area contributed by atoms with Crippen LogP contribution in [-0.2, 0) is 9.59 Å². The molecule has 27 heavy (non-hydrogen) atoms. The fourth-order valence-electron chi connectivity index (χ4n) is 2.53. The quantitative estimate of drug-likeness (QED) is 0.549. The van der Waals surface area contributed by atoms with Crippen molar-refractivity contribution in [2.24, 2.45) is 5.92 Å². The standard InChI is InChI=1S/C20H20Cl2N2O2S/c1-2-18(20(26)24-17-9-8-13(21)10-16(17)22)27-15-5-3-4-14(11-15)23-19(25)12-6-7-12/h3-5,8-12,18H,2,6-7H2,1H3,(H,23,25)(H,24,26). The summed E-state index contributed by atoms with van der Waals surface area (Å²) in [6.45, 7) is 1.96. The number of halogens is 2. The van der Waals surface area contributed by atoms with Crippen LogP contribution in [0, 0.1) is 5.92 Å². The van der Waals surface area contributed by atoms with Crippen LogP contribution in [0.25, 0.3) is 0 Å². The monoisotopic (exact) mass is 422 g/mol. The minimum absolute atomic E-state index is 0.0688. The first kappa shape index (κ1) is 20.1. The topological polar surface area (TPSA) is 58.2 Å². The van der Waals surface area contributed by atoms with Crippen molar-refractivity contribution in [1.29, 1.82) is 0 Å². The van der Waals surface area contributed by atoms with E-state index in [2.05, 4.69) is 10.6 Å². The number of hydrogen-bond donors (Lipinski definition) is 2. The van der Waals surface area contributed by atoms with Gasteiger partial charge in [-0.05, 0) is 55.7 Å². The third kappa shape index (κ3) is 5.64. The third-order valence-electron chi connectivity index (χ3n) is 4.18. The summed E-state index contributed by atoms with van der Waals surface area (Å²) >= 11 is 13.5. The van der Waals surface area contributed by atoms with Gasteiger partial charge in [0, 0.05) is 21.5 Å². The van der Waals surface area contributed by atoms with Crippen molar-refractivity contribution in [3.63, 3.8) is 0 Å². The maximum atomic E-state index is 12.7. The van der Waals surface area contributed by atoms with Gasteiger partial charge in [0.05, 0.1) is 16.0 Å². The zero-order valence-corrected chi connectivity index (χ0v) is 17.1. The summed E-state index contributed by atoms with van der Waals surface area (Å²) < 4.78 is 0. The lowest BCUT2D eigenvalue weighted by molar-refractivity contribution is -0.117. The van der Waals surface area contributed by atoms with E-state index in [1.54, 1.807) is 18.2 Å². The highest BCUT2D eigenvalue weighted by molar-refractivity contribution is 8.00. The summed E-state index contributed by atoms with van der Waals surface area (Å²) in [7, 11) is 0. The van der Waals surface area contributed by atoms with Crippen molar-refractivity contribution < 1.29 is 9.59 Å². The molecule has 2 amide bonds. The normalized spacial score (nSPS) is 14.5. The molecule has 2 N–H and O–H groups in total. The number of nitrogens with one attached hydrogen (secondary N) is 2. The average Bonchev–Trinajstić information content (AvgIpc) is 3.47. The van der Waals surface area contributed by atoms with Crippen molar-refractivity contribution in [2.75, 3.05) is 10.6 Å². The molecule has 0 heterocycles. The molecule has 1 atom stereocenters. The lowest BCUT2D eigenvalue weighted by atomic mass is 10.2. The lowest BCUT2D eigenvalue weighted by Crippen LogP contribution is -2.24. The molecule has 142 valence electrons. The molecule has 1 aliphatic rings. The first-order chi connectivity index (χ1) is 13.0. The van der Waals surface area contributed by atoms with E-state index in [0.717, 1.165) is 23.4 Å². The van der Waals surface area contributed by atoms with Gasteiger partial charge in [0.2, 0.25) is 11.8 Å². The predicted octanol–water partition coefficient (Wildman–Crippen LogP) is 5.85. The molecule has 0 bridgehead atoms. The first-order valence-corrected chi connectivity index (χ1v) is 10.4. The number of hydrogen-bond acceptors (Lipinski definition) is 3. The Morgan fingerprint density at radius 2 is 1.93 bits per heavy atom. The molecule has 7 heteroatoms. The van der Waals surface area contributed by atoms with Crippen molar-refractivity contribution in [3.8, 4) is 0 Å². The Kier molecular flexibility index (Phi) is 6.68. The SMILES string of the molecule is CCC(Sc1cccc(NC(=O)C2CC2)c1)C(=O)Nc1ccc(Cl)cc1Cl. The molecule has 1 fully saturated rings. The summed E-state index contributed by atoms with van der Waals surface area (Å²) in [4.78, 5) is 25.5. The largest absolute Gasteiger partial charge is 0.326 e. The lowest BCUT2D eigenvalue weighted by Gasteiger charge is -2.16. The van der Waals surface area contributed by atoms with Crippen molar-refractivity contribution in [3.05, 3.63) is 52.5 Å². The van der Waals surface area contributed by atoms with Crippen LogP contribution in [0.1, 0.15) is 26.2 Å². The number of amides is 2. The van der Waals surface area contributed by atoms with Gasteiger partial charge in [-0.2, -0.15) is 0 Å². The average molecular weight is 423 g/mol. The van der Waals surface area contributed by atoms with Crippen LogP contribution in [0.2, 0.25) is 10.0 Å². The Labute approximate surface area is 173 Å². The molecular formula is C20H20Cl2N2O2S. The molecule has 2 aromatic rings. The van der Waals surface area contributed by atoms with Crippen LogP contribution in [0.4, 0.5) is 11.4 Å². The molecular weight excluding hydrogens is 403 g/mol. The molecule has 1 aliphatic carbocycles. The summed E-state index contributed by atoms with van der Waals surface area (Å²) in [6.07, 6.45) is 2.58. The van der Waals surface area contributed by atoms with Gasteiger partial charge in [0.15, 0.2) is 0 Å². The Bertz CT molecular complexity index is 856. The van der Waals surface area contributed by atoms with E-state index in [1.807, 2.05) is 31.2 Å². The fourth-order valence-corrected chi connectivity index (χ4v) is 4.00. The Hall–Kier alpha value is -1.69. The van der Waals surface area contributed by atoms with E-state index in [9.17, 15) is 9.59 Å². The molecule has 0 aliphatic heterocycles. The summed E-state index contributed by atoms with van der Waals surface area (Å²) in [5.74, 6) is 0.0954. The van der Waals surface area contributed by atoms with E-state index in [0.29, 0.717) is 22.2 Å². The summed E-state index contributed by atoms with van der Waals surface area (Å²) in [5.41, 5.74) is 1.29. The highest BCUT2D eigenvalue weighted by atomic mass is 35.5. The maximum absolute atomic E-state index is 12.7. The van der Waals surface area contributed by atoms with Crippen molar-refractivity contribution in [1.82, 2.24) is 0 Å². The third-order valence-corrected chi connectivity index (χ3v) is 6.09. The minimum Gasteiger partial charge on any atom is -0.326 e. The molecule has 0 radical (unpaired) electrons. The molecule has 1 saturated carbocycles. The first-order valence-electron chi connectivity index (χ1n) is 8.79. The van der Waals surface area contributed by atoms with Crippen LogP contribution >= 0.6 is 35.0 Å². The van der Waals surface area contributed by atoms with Crippen LogP contribution in [-0.4, -0.2) is 17.1 Å². The van der Waals surface area contributed by atoms with Crippen LogP contribution in [0.15, 0.2) is 47.4 Å². The Morgan fingerprint density at radius 1 is 1.15 bits per heavy atom. The molecule has 0 saturated heterocycles. The van der Waals surface area contributed by atoms with Gasteiger partial charge < -0.3 is 10.6 Å². The minimum atomic E-state index is -0.286. The van der Waals surface area contributed by atoms with Gasteiger partial charge in [-0.15, -0.1) is 11.8 Å². The second-order valence-electron chi connectivity index (χ2n) is 6.42. The van der Waals surface area contributed by atoms with Gasteiger partial charge >= 0.3 is 0 Å². The smallest absolute Gasteiger partial charge is 0.237 e. The van der Waals surface area contributed by atoms with Crippen molar-refractivity contribution in [2.45, 2.75) is 36.3 Å². The van der Waals surface area contributed by atoms with E-state index in [1.165, 1.54) is 11.8 Å². The number of anilines is 2. The number of carbonyl (C=O) groups is 2. The van der Waals surface area contributed by atoms with E-state index in [-0.39, 0.29) is 23.0 Å². The summed E-state index contributed by atoms with van der Waals surface area (Å²) in [5, 5.41) is 6.43. The number of carbonyl (C=O) groups excluding carboxylic acids is 2. The summed E-state index contributed by atoms with van der Waals surface area (Å²) in [6, 6.07) is 12.5. The predicted molar refractivity (Wildman–Crippen MR) is 113 cm³/mol. The molecule has 2 aromatic carbocycles.